The van der Waals surface area contributed by atoms with Crippen molar-refractivity contribution in [2.24, 2.45) is 0 Å². The summed E-state index contributed by atoms with van der Waals surface area (Å²) in [6.07, 6.45) is 3.61. The van der Waals surface area contributed by atoms with Crippen molar-refractivity contribution in [1.82, 2.24) is 5.32 Å². The standard InChI is InChI=1S/C16H23F2NO/c1-3-16(2)11-15(5-7-20-16)19-6-4-12-8-13(17)10-14(18)9-12/h8-10,15,19H,3-7,11H2,1-2H3. The van der Waals surface area contributed by atoms with E-state index in [9.17, 15) is 8.78 Å². The molecule has 1 saturated heterocycles. The molecular weight excluding hydrogens is 260 g/mol. The summed E-state index contributed by atoms with van der Waals surface area (Å²) in [5.74, 6) is -1.02. The lowest BCUT2D eigenvalue weighted by atomic mass is 9.90. The lowest BCUT2D eigenvalue weighted by molar-refractivity contribution is -0.0778. The van der Waals surface area contributed by atoms with Crippen molar-refractivity contribution < 1.29 is 13.5 Å². The minimum absolute atomic E-state index is 0.0408. The van der Waals surface area contributed by atoms with Gasteiger partial charge in [0, 0.05) is 18.7 Å². The maximum Gasteiger partial charge on any atom is 0.126 e. The Balaban J connectivity index is 1.81. The fourth-order valence-electron chi connectivity index (χ4n) is 2.73. The Kier molecular flexibility index (Phi) is 5.11. The highest BCUT2D eigenvalue weighted by Crippen LogP contribution is 2.27. The largest absolute Gasteiger partial charge is 0.375 e. The van der Waals surface area contributed by atoms with Gasteiger partial charge in [0.25, 0.3) is 0 Å². The summed E-state index contributed by atoms with van der Waals surface area (Å²) in [6, 6.07) is 4.12. The summed E-state index contributed by atoms with van der Waals surface area (Å²) < 4.78 is 32.0. The Bertz CT molecular complexity index is 432. The molecule has 1 fully saturated rings. The first kappa shape index (κ1) is 15.4. The number of hydrogen-bond acceptors (Lipinski definition) is 2. The molecule has 0 saturated carbocycles. The molecule has 1 heterocycles. The third-order valence-electron chi connectivity index (χ3n) is 4.11. The van der Waals surface area contributed by atoms with Gasteiger partial charge in [-0.3, -0.25) is 0 Å². The molecule has 2 unspecified atom stereocenters. The van der Waals surface area contributed by atoms with Gasteiger partial charge < -0.3 is 10.1 Å². The van der Waals surface area contributed by atoms with E-state index in [2.05, 4.69) is 19.2 Å². The summed E-state index contributed by atoms with van der Waals surface area (Å²) in [5.41, 5.74) is 0.654. The highest BCUT2D eigenvalue weighted by molar-refractivity contribution is 5.18. The van der Waals surface area contributed by atoms with Crippen LogP contribution in [0.4, 0.5) is 8.78 Å². The average molecular weight is 283 g/mol. The molecule has 112 valence electrons. The fourth-order valence-corrected chi connectivity index (χ4v) is 2.73. The molecule has 0 radical (unpaired) electrons. The van der Waals surface area contributed by atoms with Gasteiger partial charge in [-0.05, 0) is 56.8 Å². The molecule has 4 heteroatoms. The molecule has 2 atom stereocenters. The minimum Gasteiger partial charge on any atom is -0.375 e. The molecule has 0 bridgehead atoms. The number of rotatable bonds is 5. The molecule has 0 amide bonds. The molecule has 1 aliphatic heterocycles. The summed E-state index contributed by atoms with van der Waals surface area (Å²) >= 11 is 0. The van der Waals surface area contributed by atoms with E-state index in [0.717, 1.165) is 38.5 Å². The number of nitrogens with one attached hydrogen (secondary N) is 1. The van der Waals surface area contributed by atoms with Gasteiger partial charge in [0.15, 0.2) is 0 Å². The van der Waals surface area contributed by atoms with Gasteiger partial charge in [-0.1, -0.05) is 6.92 Å². The lowest BCUT2D eigenvalue weighted by Crippen LogP contribution is -2.45. The van der Waals surface area contributed by atoms with E-state index in [-0.39, 0.29) is 5.60 Å². The Morgan fingerprint density at radius 2 is 2.00 bits per heavy atom. The van der Waals surface area contributed by atoms with Gasteiger partial charge in [-0.2, -0.15) is 0 Å². The minimum atomic E-state index is -0.510. The van der Waals surface area contributed by atoms with E-state index in [1.54, 1.807) is 0 Å². The van der Waals surface area contributed by atoms with Crippen LogP contribution in [-0.2, 0) is 11.2 Å². The summed E-state index contributed by atoms with van der Waals surface area (Å²) in [5, 5.41) is 3.47. The number of hydrogen-bond donors (Lipinski definition) is 1. The van der Waals surface area contributed by atoms with Crippen LogP contribution < -0.4 is 5.32 Å². The molecule has 1 aromatic carbocycles. The van der Waals surface area contributed by atoms with Crippen LogP contribution in [0.15, 0.2) is 18.2 Å². The quantitative estimate of drug-likeness (QED) is 0.893. The molecule has 2 rings (SSSR count). The van der Waals surface area contributed by atoms with Crippen molar-refractivity contribution in [3.05, 3.63) is 35.4 Å². The first-order valence-corrected chi connectivity index (χ1v) is 7.33. The molecule has 1 N–H and O–H groups in total. The van der Waals surface area contributed by atoms with Crippen molar-refractivity contribution in [1.29, 1.82) is 0 Å². The molecule has 2 nitrogen and oxygen atoms in total. The highest BCUT2D eigenvalue weighted by atomic mass is 19.1. The zero-order chi connectivity index (χ0) is 14.6. The average Bonchev–Trinajstić information content (AvgIpc) is 2.38. The van der Waals surface area contributed by atoms with Crippen LogP contribution in [-0.4, -0.2) is 24.8 Å². The summed E-state index contributed by atoms with van der Waals surface area (Å²) in [7, 11) is 0. The fraction of sp³-hybridized carbons (Fsp3) is 0.625. The van der Waals surface area contributed by atoms with Gasteiger partial charge in [0.05, 0.1) is 5.60 Å². The Labute approximate surface area is 119 Å². The van der Waals surface area contributed by atoms with Gasteiger partial charge in [-0.15, -0.1) is 0 Å². The maximum atomic E-state index is 13.1. The third-order valence-corrected chi connectivity index (χ3v) is 4.11. The molecular formula is C16H23F2NO. The molecule has 20 heavy (non-hydrogen) atoms. The van der Waals surface area contributed by atoms with Crippen LogP contribution in [0.1, 0.15) is 38.7 Å². The van der Waals surface area contributed by atoms with Crippen LogP contribution in [0.5, 0.6) is 0 Å². The van der Waals surface area contributed by atoms with Crippen molar-refractivity contribution in [2.45, 2.75) is 51.2 Å². The molecule has 1 aromatic rings. The van der Waals surface area contributed by atoms with E-state index < -0.39 is 11.6 Å². The predicted octanol–water partition coefficient (Wildman–Crippen LogP) is 3.44. The van der Waals surface area contributed by atoms with E-state index in [1.165, 1.54) is 12.1 Å². The number of ether oxygens (including phenoxy) is 1. The lowest BCUT2D eigenvalue weighted by Gasteiger charge is -2.38. The van der Waals surface area contributed by atoms with E-state index in [4.69, 9.17) is 4.74 Å². The zero-order valence-corrected chi connectivity index (χ0v) is 12.2. The van der Waals surface area contributed by atoms with Crippen molar-refractivity contribution in [3.63, 3.8) is 0 Å². The van der Waals surface area contributed by atoms with Crippen LogP contribution >= 0.6 is 0 Å². The Hall–Kier alpha value is -1.00. The third kappa shape index (κ3) is 4.25. The normalized spacial score (nSPS) is 26.7. The van der Waals surface area contributed by atoms with E-state index in [1.807, 2.05) is 0 Å². The first-order valence-electron chi connectivity index (χ1n) is 7.33. The SMILES string of the molecule is CCC1(C)CC(NCCc2cc(F)cc(F)c2)CCO1. The Morgan fingerprint density at radius 3 is 2.65 bits per heavy atom. The van der Waals surface area contributed by atoms with Crippen LogP contribution in [0.3, 0.4) is 0 Å². The molecule has 0 aliphatic carbocycles. The predicted molar refractivity (Wildman–Crippen MR) is 75.7 cm³/mol. The second kappa shape index (κ2) is 6.64. The van der Waals surface area contributed by atoms with Gasteiger partial charge in [-0.25, -0.2) is 8.78 Å². The topological polar surface area (TPSA) is 21.3 Å². The van der Waals surface area contributed by atoms with Crippen LogP contribution in [0.25, 0.3) is 0 Å². The van der Waals surface area contributed by atoms with Gasteiger partial charge in [0.1, 0.15) is 11.6 Å². The zero-order valence-electron chi connectivity index (χ0n) is 12.2. The number of halogens is 2. The van der Waals surface area contributed by atoms with Gasteiger partial charge in [0.2, 0.25) is 0 Å². The molecule has 0 aromatic heterocycles. The monoisotopic (exact) mass is 283 g/mol. The van der Waals surface area contributed by atoms with E-state index in [0.29, 0.717) is 18.0 Å². The number of benzene rings is 1. The van der Waals surface area contributed by atoms with Gasteiger partial charge >= 0.3 is 0 Å². The smallest absolute Gasteiger partial charge is 0.126 e. The first-order chi connectivity index (χ1) is 9.50. The summed E-state index contributed by atoms with van der Waals surface area (Å²) in [4.78, 5) is 0. The summed E-state index contributed by atoms with van der Waals surface area (Å²) in [6.45, 7) is 5.78. The highest BCUT2D eigenvalue weighted by Gasteiger charge is 2.31. The molecule has 1 aliphatic rings. The second-order valence-corrected chi connectivity index (χ2v) is 5.82. The maximum absolute atomic E-state index is 13.1. The van der Waals surface area contributed by atoms with E-state index >= 15 is 0 Å². The van der Waals surface area contributed by atoms with Crippen LogP contribution in [0.2, 0.25) is 0 Å². The van der Waals surface area contributed by atoms with Crippen molar-refractivity contribution in [3.8, 4) is 0 Å². The van der Waals surface area contributed by atoms with Crippen molar-refractivity contribution >= 4 is 0 Å². The van der Waals surface area contributed by atoms with Crippen LogP contribution in [0, 0.1) is 11.6 Å². The Morgan fingerprint density at radius 1 is 1.30 bits per heavy atom. The molecule has 0 spiro atoms. The second-order valence-electron chi connectivity index (χ2n) is 5.82. The van der Waals surface area contributed by atoms with Crippen molar-refractivity contribution in [2.75, 3.05) is 13.2 Å².